The zero-order chi connectivity index (χ0) is 12.1. The molecule has 0 aliphatic carbocycles. The Morgan fingerprint density at radius 1 is 1.24 bits per heavy atom. The molecule has 2 heterocycles. The molecule has 0 spiro atoms. The van der Waals surface area contributed by atoms with E-state index in [9.17, 15) is 0 Å². The molecule has 0 aromatic carbocycles. The lowest BCUT2D eigenvalue weighted by molar-refractivity contribution is 0.313. The monoisotopic (exact) mass is 231 g/mol. The summed E-state index contributed by atoms with van der Waals surface area (Å²) in [5.74, 6) is 0. The van der Waals surface area contributed by atoms with E-state index < -0.39 is 0 Å². The SMILES string of the molecule is CN(Cc1ccoc1)Cc1cccc(CN)n1. The first-order valence-electron chi connectivity index (χ1n) is 5.62. The first kappa shape index (κ1) is 11.8. The van der Waals surface area contributed by atoms with Crippen LogP contribution in [-0.4, -0.2) is 16.9 Å². The topological polar surface area (TPSA) is 55.3 Å². The summed E-state index contributed by atoms with van der Waals surface area (Å²) >= 11 is 0. The highest BCUT2D eigenvalue weighted by Gasteiger charge is 2.04. The van der Waals surface area contributed by atoms with Crippen molar-refractivity contribution in [2.45, 2.75) is 19.6 Å². The number of nitrogens with two attached hydrogens (primary N) is 1. The van der Waals surface area contributed by atoms with Crippen LogP contribution in [-0.2, 0) is 19.6 Å². The van der Waals surface area contributed by atoms with Crippen molar-refractivity contribution in [3.63, 3.8) is 0 Å². The molecule has 0 radical (unpaired) electrons. The third-order valence-corrected chi connectivity index (χ3v) is 2.54. The highest BCUT2D eigenvalue weighted by Crippen LogP contribution is 2.07. The molecule has 4 heteroatoms. The van der Waals surface area contributed by atoms with Gasteiger partial charge < -0.3 is 10.2 Å². The fourth-order valence-corrected chi connectivity index (χ4v) is 1.76. The van der Waals surface area contributed by atoms with E-state index in [1.54, 1.807) is 12.5 Å². The standard InChI is InChI=1S/C13H17N3O/c1-16(8-11-5-6-17-10-11)9-13-4-2-3-12(7-14)15-13/h2-6,10H,7-9,14H2,1H3. The molecule has 0 saturated heterocycles. The lowest BCUT2D eigenvalue weighted by atomic mass is 10.2. The van der Waals surface area contributed by atoms with Gasteiger partial charge in [0.2, 0.25) is 0 Å². The second kappa shape index (κ2) is 5.61. The summed E-state index contributed by atoms with van der Waals surface area (Å²) < 4.78 is 5.04. The average molecular weight is 231 g/mol. The molecule has 0 bridgehead atoms. The second-order valence-corrected chi connectivity index (χ2v) is 4.13. The predicted molar refractivity (Wildman–Crippen MR) is 66.0 cm³/mol. The maximum absolute atomic E-state index is 5.57. The summed E-state index contributed by atoms with van der Waals surface area (Å²) in [6.45, 7) is 2.14. The second-order valence-electron chi connectivity index (χ2n) is 4.13. The Balaban J connectivity index is 1.95. The van der Waals surface area contributed by atoms with Crippen LogP contribution in [0.3, 0.4) is 0 Å². The van der Waals surface area contributed by atoms with Gasteiger partial charge in [0.15, 0.2) is 0 Å². The molecular formula is C13H17N3O. The van der Waals surface area contributed by atoms with Crippen LogP contribution in [0.1, 0.15) is 17.0 Å². The van der Waals surface area contributed by atoms with Gasteiger partial charge in [-0.3, -0.25) is 9.88 Å². The summed E-state index contributed by atoms with van der Waals surface area (Å²) in [5.41, 5.74) is 8.71. The number of rotatable bonds is 5. The van der Waals surface area contributed by atoms with E-state index >= 15 is 0 Å². The normalized spacial score (nSPS) is 11.0. The average Bonchev–Trinajstić information content (AvgIpc) is 2.82. The molecule has 90 valence electrons. The van der Waals surface area contributed by atoms with Crippen LogP contribution in [0.2, 0.25) is 0 Å². The molecule has 2 aromatic heterocycles. The van der Waals surface area contributed by atoms with Crippen molar-refractivity contribution < 1.29 is 4.42 Å². The van der Waals surface area contributed by atoms with Gasteiger partial charge in [-0.05, 0) is 25.2 Å². The first-order valence-corrected chi connectivity index (χ1v) is 5.62. The van der Waals surface area contributed by atoms with Crippen molar-refractivity contribution in [3.8, 4) is 0 Å². The van der Waals surface area contributed by atoms with Crippen LogP contribution >= 0.6 is 0 Å². The number of furan rings is 1. The minimum Gasteiger partial charge on any atom is -0.472 e. The number of pyridine rings is 1. The Bertz CT molecular complexity index is 453. The van der Waals surface area contributed by atoms with Gasteiger partial charge in [0, 0.05) is 25.2 Å². The molecule has 0 atom stereocenters. The van der Waals surface area contributed by atoms with Crippen LogP contribution in [0.25, 0.3) is 0 Å². The Kier molecular flexibility index (Phi) is 3.90. The summed E-state index contributed by atoms with van der Waals surface area (Å²) in [6, 6.07) is 7.93. The van der Waals surface area contributed by atoms with Crippen molar-refractivity contribution >= 4 is 0 Å². The molecule has 2 N–H and O–H groups in total. The predicted octanol–water partition coefficient (Wildman–Crippen LogP) is 1.77. The minimum atomic E-state index is 0.485. The molecule has 0 saturated carbocycles. The van der Waals surface area contributed by atoms with Crippen molar-refractivity contribution in [2.24, 2.45) is 5.73 Å². The molecule has 2 rings (SSSR count). The van der Waals surface area contributed by atoms with Crippen LogP contribution in [0, 0.1) is 0 Å². The van der Waals surface area contributed by atoms with Gasteiger partial charge in [-0.1, -0.05) is 6.07 Å². The minimum absolute atomic E-state index is 0.485. The van der Waals surface area contributed by atoms with E-state index in [1.807, 2.05) is 24.3 Å². The number of hydrogen-bond donors (Lipinski definition) is 1. The van der Waals surface area contributed by atoms with Gasteiger partial charge in [0.05, 0.1) is 23.9 Å². The largest absolute Gasteiger partial charge is 0.472 e. The van der Waals surface area contributed by atoms with E-state index in [0.29, 0.717) is 6.54 Å². The van der Waals surface area contributed by atoms with E-state index in [4.69, 9.17) is 10.2 Å². The van der Waals surface area contributed by atoms with Crippen molar-refractivity contribution in [1.29, 1.82) is 0 Å². The highest BCUT2D eigenvalue weighted by atomic mass is 16.3. The molecule has 0 amide bonds. The zero-order valence-electron chi connectivity index (χ0n) is 9.97. The smallest absolute Gasteiger partial charge is 0.0947 e. The Morgan fingerprint density at radius 3 is 2.76 bits per heavy atom. The fourth-order valence-electron chi connectivity index (χ4n) is 1.76. The maximum Gasteiger partial charge on any atom is 0.0947 e. The first-order chi connectivity index (χ1) is 8.28. The van der Waals surface area contributed by atoms with Gasteiger partial charge in [-0.15, -0.1) is 0 Å². The van der Waals surface area contributed by atoms with Crippen LogP contribution in [0.4, 0.5) is 0 Å². The van der Waals surface area contributed by atoms with E-state index in [0.717, 1.165) is 24.5 Å². The number of nitrogens with zero attached hydrogens (tertiary/aromatic N) is 2. The van der Waals surface area contributed by atoms with Gasteiger partial charge in [-0.2, -0.15) is 0 Å². The van der Waals surface area contributed by atoms with E-state index in [2.05, 4.69) is 16.9 Å². The van der Waals surface area contributed by atoms with Crippen LogP contribution in [0.5, 0.6) is 0 Å². The number of aromatic nitrogens is 1. The Labute approximate surface area is 101 Å². The zero-order valence-corrected chi connectivity index (χ0v) is 9.97. The summed E-state index contributed by atoms with van der Waals surface area (Å²) in [4.78, 5) is 6.66. The lowest BCUT2D eigenvalue weighted by Gasteiger charge is -2.15. The third-order valence-electron chi connectivity index (χ3n) is 2.54. The quantitative estimate of drug-likeness (QED) is 0.852. The van der Waals surface area contributed by atoms with Gasteiger partial charge in [-0.25, -0.2) is 0 Å². The molecule has 17 heavy (non-hydrogen) atoms. The molecule has 0 aliphatic rings. The maximum atomic E-state index is 5.57. The molecule has 0 aliphatic heterocycles. The van der Waals surface area contributed by atoms with E-state index in [-0.39, 0.29) is 0 Å². The summed E-state index contributed by atoms with van der Waals surface area (Å²) in [6.07, 6.45) is 3.46. The van der Waals surface area contributed by atoms with E-state index in [1.165, 1.54) is 5.56 Å². The van der Waals surface area contributed by atoms with Gasteiger partial charge >= 0.3 is 0 Å². The summed E-state index contributed by atoms with van der Waals surface area (Å²) in [5, 5.41) is 0. The molecular weight excluding hydrogens is 214 g/mol. The molecule has 0 unspecified atom stereocenters. The summed E-state index contributed by atoms with van der Waals surface area (Å²) in [7, 11) is 2.06. The highest BCUT2D eigenvalue weighted by molar-refractivity contribution is 5.11. The molecule has 2 aromatic rings. The number of hydrogen-bond acceptors (Lipinski definition) is 4. The van der Waals surface area contributed by atoms with Gasteiger partial charge in [0.1, 0.15) is 0 Å². The Morgan fingerprint density at radius 2 is 2.06 bits per heavy atom. The van der Waals surface area contributed by atoms with Crippen molar-refractivity contribution in [2.75, 3.05) is 7.05 Å². The third kappa shape index (κ3) is 3.41. The van der Waals surface area contributed by atoms with Crippen LogP contribution < -0.4 is 5.73 Å². The fraction of sp³-hybridized carbons (Fsp3) is 0.308. The van der Waals surface area contributed by atoms with Crippen molar-refractivity contribution in [1.82, 2.24) is 9.88 Å². The van der Waals surface area contributed by atoms with Crippen molar-refractivity contribution in [3.05, 3.63) is 53.7 Å². The van der Waals surface area contributed by atoms with Gasteiger partial charge in [0.25, 0.3) is 0 Å². The Hall–Kier alpha value is -1.65. The lowest BCUT2D eigenvalue weighted by Crippen LogP contribution is -2.18. The van der Waals surface area contributed by atoms with Crippen LogP contribution in [0.15, 0.2) is 41.2 Å². The molecule has 0 fully saturated rings. The molecule has 4 nitrogen and oxygen atoms in total.